The fourth-order valence-corrected chi connectivity index (χ4v) is 5.80. The van der Waals surface area contributed by atoms with Crippen LogP contribution in [0.3, 0.4) is 0 Å². The Bertz CT molecular complexity index is 1100. The Morgan fingerprint density at radius 3 is 2.49 bits per heavy atom. The smallest absolute Gasteiger partial charge is 0.325 e. The number of imide groups is 1. The van der Waals surface area contributed by atoms with E-state index in [1.807, 2.05) is 36.9 Å². The maximum Gasteiger partial charge on any atom is 0.325 e. The van der Waals surface area contributed by atoms with E-state index in [0.29, 0.717) is 43.8 Å². The molecule has 3 saturated heterocycles. The van der Waals surface area contributed by atoms with Gasteiger partial charge in [-0.05, 0) is 63.8 Å². The second-order valence-electron chi connectivity index (χ2n) is 9.95. The van der Waals surface area contributed by atoms with Gasteiger partial charge in [0.2, 0.25) is 0 Å². The van der Waals surface area contributed by atoms with Crippen molar-refractivity contribution in [2.75, 3.05) is 26.2 Å². The van der Waals surface area contributed by atoms with Crippen LogP contribution in [0.1, 0.15) is 52.9 Å². The molecule has 3 fully saturated rings. The summed E-state index contributed by atoms with van der Waals surface area (Å²) in [6.45, 7) is 5.92. The van der Waals surface area contributed by atoms with Crippen molar-refractivity contribution in [3.63, 3.8) is 0 Å². The van der Waals surface area contributed by atoms with Crippen molar-refractivity contribution in [3.05, 3.63) is 65.0 Å². The van der Waals surface area contributed by atoms with Crippen LogP contribution in [0.2, 0.25) is 0 Å². The van der Waals surface area contributed by atoms with Crippen LogP contribution in [0.4, 0.5) is 4.79 Å². The summed E-state index contributed by atoms with van der Waals surface area (Å²) in [4.78, 5) is 47.8. The van der Waals surface area contributed by atoms with Crippen LogP contribution in [-0.2, 0) is 15.1 Å². The third-order valence-electron chi connectivity index (χ3n) is 7.47. The van der Waals surface area contributed by atoms with Gasteiger partial charge in [0, 0.05) is 37.4 Å². The number of amides is 4. The minimum atomic E-state index is -1.23. The molecule has 0 radical (unpaired) electrons. The zero-order chi connectivity index (χ0) is 24.6. The molecule has 2 aromatic rings. The van der Waals surface area contributed by atoms with E-state index in [-0.39, 0.29) is 30.4 Å². The molecular formula is C27H32N4O4. The Labute approximate surface area is 205 Å². The van der Waals surface area contributed by atoms with E-state index in [2.05, 4.69) is 16.4 Å². The summed E-state index contributed by atoms with van der Waals surface area (Å²) in [5.41, 5.74) is 2.12. The van der Waals surface area contributed by atoms with Gasteiger partial charge in [-0.3, -0.25) is 19.5 Å². The molecule has 0 bridgehead atoms. The maximum atomic E-state index is 13.9. The van der Waals surface area contributed by atoms with Gasteiger partial charge in [-0.15, -0.1) is 0 Å². The van der Waals surface area contributed by atoms with Gasteiger partial charge in [0.25, 0.3) is 11.8 Å². The Morgan fingerprint density at radius 1 is 1.11 bits per heavy atom. The second kappa shape index (κ2) is 9.41. The van der Waals surface area contributed by atoms with E-state index < -0.39 is 11.6 Å². The van der Waals surface area contributed by atoms with Crippen molar-refractivity contribution in [3.8, 4) is 0 Å². The van der Waals surface area contributed by atoms with Crippen LogP contribution in [0.15, 0.2) is 42.6 Å². The summed E-state index contributed by atoms with van der Waals surface area (Å²) in [6, 6.07) is 10.9. The molecule has 2 atom stereocenters. The number of likely N-dealkylation sites (tertiary alicyclic amines) is 1. The molecule has 0 spiro atoms. The number of hydrogen-bond acceptors (Lipinski definition) is 5. The normalized spacial score (nSPS) is 25.3. The van der Waals surface area contributed by atoms with Crippen molar-refractivity contribution >= 4 is 17.8 Å². The summed E-state index contributed by atoms with van der Waals surface area (Å²) in [5.74, 6) is -0.439. The number of nitrogens with one attached hydrogen (secondary N) is 1. The van der Waals surface area contributed by atoms with Crippen LogP contribution < -0.4 is 5.32 Å². The first-order valence-electron chi connectivity index (χ1n) is 12.4. The third kappa shape index (κ3) is 4.31. The standard InChI is InChI=1S/C27H32N4O4/c1-18-14-19(2)16-20(15-18)24(32)30-11-8-21(9-12-30)27(23-7-3-4-10-28-23)25(33)31(26(34)29-27)17-22-6-5-13-35-22/h3-4,7,10,14-16,21-22H,5-6,8-9,11-13,17H2,1-2H3,(H,29,34)/t22-,27-/m1/s1. The van der Waals surface area contributed by atoms with Crippen LogP contribution in [0.25, 0.3) is 0 Å². The number of carbonyl (C=O) groups is 3. The number of pyridine rings is 1. The number of hydrogen-bond donors (Lipinski definition) is 1. The largest absolute Gasteiger partial charge is 0.376 e. The molecule has 3 aliphatic rings. The van der Waals surface area contributed by atoms with Gasteiger partial charge < -0.3 is 15.0 Å². The van der Waals surface area contributed by atoms with Crippen LogP contribution in [0, 0.1) is 19.8 Å². The molecule has 8 heteroatoms. The summed E-state index contributed by atoms with van der Waals surface area (Å²) >= 11 is 0. The lowest BCUT2D eigenvalue weighted by atomic mass is 9.75. The number of ether oxygens (including phenoxy) is 1. The summed E-state index contributed by atoms with van der Waals surface area (Å²) in [7, 11) is 0. The van der Waals surface area contributed by atoms with Crippen molar-refractivity contribution in [1.82, 2.24) is 20.1 Å². The maximum absolute atomic E-state index is 13.9. The first kappa shape index (κ1) is 23.5. The summed E-state index contributed by atoms with van der Waals surface area (Å²) in [6.07, 6.45) is 4.48. The number of benzene rings is 1. The predicted molar refractivity (Wildman–Crippen MR) is 130 cm³/mol. The molecular weight excluding hydrogens is 444 g/mol. The van der Waals surface area contributed by atoms with Crippen LogP contribution >= 0.6 is 0 Å². The molecule has 1 aromatic carbocycles. The average molecular weight is 477 g/mol. The van der Waals surface area contributed by atoms with E-state index in [1.54, 1.807) is 18.3 Å². The minimum Gasteiger partial charge on any atom is -0.376 e. The highest BCUT2D eigenvalue weighted by Gasteiger charge is 2.58. The Morgan fingerprint density at radius 2 is 1.86 bits per heavy atom. The van der Waals surface area contributed by atoms with E-state index in [0.717, 1.165) is 24.0 Å². The molecule has 5 rings (SSSR count). The third-order valence-corrected chi connectivity index (χ3v) is 7.47. The number of aryl methyl sites for hydroxylation is 2. The molecule has 0 saturated carbocycles. The SMILES string of the molecule is Cc1cc(C)cc(C(=O)N2CCC([C@]3(c4ccccn4)NC(=O)N(C[C@H]4CCCO4)C3=O)CC2)c1. The van der Waals surface area contributed by atoms with Gasteiger partial charge in [-0.25, -0.2) is 4.79 Å². The summed E-state index contributed by atoms with van der Waals surface area (Å²) in [5, 5.41) is 3.03. The monoisotopic (exact) mass is 476 g/mol. The zero-order valence-corrected chi connectivity index (χ0v) is 20.3. The number of carbonyl (C=O) groups excluding carboxylic acids is 3. The Kier molecular flexibility index (Phi) is 6.32. The van der Waals surface area contributed by atoms with Crippen LogP contribution in [0.5, 0.6) is 0 Å². The molecule has 0 aliphatic carbocycles. The fraction of sp³-hybridized carbons (Fsp3) is 0.481. The van der Waals surface area contributed by atoms with E-state index in [1.165, 1.54) is 4.90 Å². The first-order chi connectivity index (χ1) is 16.9. The second-order valence-corrected chi connectivity index (χ2v) is 9.95. The highest BCUT2D eigenvalue weighted by molar-refractivity contribution is 6.07. The molecule has 1 aromatic heterocycles. The van der Waals surface area contributed by atoms with Crippen molar-refractivity contribution in [2.45, 2.75) is 51.2 Å². The lowest BCUT2D eigenvalue weighted by molar-refractivity contribution is -0.135. The fourth-order valence-electron chi connectivity index (χ4n) is 5.80. The number of rotatable bonds is 5. The molecule has 8 nitrogen and oxygen atoms in total. The number of nitrogens with zero attached hydrogens (tertiary/aromatic N) is 3. The molecule has 0 unspecified atom stereocenters. The topological polar surface area (TPSA) is 91.8 Å². The average Bonchev–Trinajstić information content (AvgIpc) is 3.46. The number of aromatic nitrogens is 1. The molecule has 3 aliphatic heterocycles. The highest BCUT2D eigenvalue weighted by atomic mass is 16.5. The molecule has 184 valence electrons. The zero-order valence-electron chi connectivity index (χ0n) is 20.3. The number of urea groups is 1. The van der Waals surface area contributed by atoms with Crippen molar-refractivity contribution in [2.24, 2.45) is 5.92 Å². The molecule has 4 heterocycles. The molecule has 4 amide bonds. The predicted octanol–water partition coefficient (Wildman–Crippen LogP) is 3.18. The van der Waals surface area contributed by atoms with Crippen molar-refractivity contribution in [1.29, 1.82) is 0 Å². The quantitative estimate of drug-likeness (QED) is 0.670. The first-order valence-corrected chi connectivity index (χ1v) is 12.4. The molecule has 35 heavy (non-hydrogen) atoms. The summed E-state index contributed by atoms with van der Waals surface area (Å²) < 4.78 is 5.70. The van der Waals surface area contributed by atoms with E-state index in [4.69, 9.17) is 4.74 Å². The van der Waals surface area contributed by atoms with Gasteiger partial charge in [0.15, 0.2) is 5.54 Å². The Balaban J connectivity index is 1.38. The lowest BCUT2D eigenvalue weighted by Gasteiger charge is -2.40. The molecule has 1 N–H and O–H groups in total. The van der Waals surface area contributed by atoms with Gasteiger partial charge >= 0.3 is 6.03 Å². The lowest BCUT2D eigenvalue weighted by Crippen LogP contribution is -2.54. The van der Waals surface area contributed by atoms with Gasteiger partial charge in [-0.1, -0.05) is 23.3 Å². The van der Waals surface area contributed by atoms with Gasteiger partial charge in [0.1, 0.15) is 0 Å². The van der Waals surface area contributed by atoms with Gasteiger partial charge in [0.05, 0.1) is 18.3 Å². The van der Waals surface area contributed by atoms with Crippen LogP contribution in [-0.4, -0.2) is 65.0 Å². The minimum absolute atomic E-state index is 0.00364. The Hall–Kier alpha value is -3.26. The van der Waals surface area contributed by atoms with E-state index in [9.17, 15) is 14.4 Å². The van der Waals surface area contributed by atoms with E-state index >= 15 is 0 Å². The number of piperidine rings is 1. The van der Waals surface area contributed by atoms with Gasteiger partial charge in [-0.2, -0.15) is 0 Å². The highest BCUT2D eigenvalue weighted by Crippen LogP contribution is 2.41. The van der Waals surface area contributed by atoms with Crippen molar-refractivity contribution < 1.29 is 19.1 Å².